The Labute approximate surface area is 196 Å². The van der Waals surface area contributed by atoms with Gasteiger partial charge in [-0.2, -0.15) is 0 Å². The summed E-state index contributed by atoms with van der Waals surface area (Å²) in [6, 6.07) is 14.1. The van der Waals surface area contributed by atoms with Gasteiger partial charge in [0, 0.05) is 17.7 Å². The van der Waals surface area contributed by atoms with Crippen LogP contribution in [0, 0.1) is 0 Å². The summed E-state index contributed by atoms with van der Waals surface area (Å²) in [7, 11) is -0.414. The largest absolute Gasteiger partial charge is 0.496 e. The third kappa shape index (κ3) is 4.20. The molecule has 2 atom stereocenters. The summed E-state index contributed by atoms with van der Waals surface area (Å²) in [4.78, 5) is 19.4. The summed E-state index contributed by atoms with van der Waals surface area (Å²) in [5.74, 6) is 0. The minimum absolute atomic E-state index is 0.0617. The van der Waals surface area contributed by atoms with E-state index in [-0.39, 0.29) is 29.4 Å². The lowest BCUT2D eigenvalue weighted by Crippen LogP contribution is -2.43. The maximum absolute atomic E-state index is 12.8. The van der Waals surface area contributed by atoms with E-state index in [2.05, 4.69) is 6.08 Å². The van der Waals surface area contributed by atoms with Crippen LogP contribution in [-0.4, -0.2) is 46.4 Å². The lowest BCUT2D eigenvalue weighted by Gasteiger charge is -2.33. The number of aromatic nitrogens is 1. The first-order valence-corrected chi connectivity index (χ1v) is 11.8. The van der Waals surface area contributed by atoms with E-state index in [4.69, 9.17) is 19.0 Å². The average molecular weight is 446 g/mol. The Kier molecular flexibility index (Phi) is 5.57. The molecule has 2 unspecified atom stereocenters. The van der Waals surface area contributed by atoms with Crippen molar-refractivity contribution in [2.45, 2.75) is 76.9 Å². The number of rotatable bonds is 4. The van der Waals surface area contributed by atoms with Gasteiger partial charge in [-0.25, -0.2) is 4.79 Å². The van der Waals surface area contributed by atoms with Gasteiger partial charge in [0.1, 0.15) is 6.61 Å². The Bertz CT molecular complexity index is 1040. The van der Waals surface area contributed by atoms with Crippen LogP contribution in [0.2, 0.25) is 0 Å². The summed E-state index contributed by atoms with van der Waals surface area (Å²) in [6.07, 6.45) is 6.54. The Balaban J connectivity index is 1.26. The van der Waals surface area contributed by atoms with E-state index in [9.17, 15) is 4.79 Å². The summed E-state index contributed by atoms with van der Waals surface area (Å²) in [5, 5.41) is 0. The zero-order chi connectivity index (χ0) is 23.2. The van der Waals surface area contributed by atoms with E-state index < -0.39 is 7.12 Å². The number of hydrogen-bond donors (Lipinski definition) is 0. The van der Waals surface area contributed by atoms with Crippen molar-refractivity contribution in [3.05, 3.63) is 66.0 Å². The molecule has 0 radical (unpaired) electrons. The topological polar surface area (TPSA) is 60.9 Å². The van der Waals surface area contributed by atoms with Gasteiger partial charge in [0.05, 0.1) is 22.9 Å². The van der Waals surface area contributed by atoms with Crippen LogP contribution in [0.1, 0.15) is 58.2 Å². The van der Waals surface area contributed by atoms with Crippen molar-refractivity contribution in [3.8, 4) is 0 Å². The van der Waals surface area contributed by atoms with Gasteiger partial charge in [0.2, 0.25) is 0 Å². The SMILES string of the molecule is CC1(C)OB(c2ccc(C3=CC4CCC(C3)N4C(=O)OCc3ccccc3)nc2)OC1(C)C. The second-order valence-electron chi connectivity index (χ2n) is 10.2. The van der Waals surface area contributed by atoms with Gasteiger partial charge >= 0.3 is 13.2 Å². The minimum atomic E-state index is -0.414. The van der Waals surface area contributed by atoms with Gasteiger partial charge in [-0.1, -0.05) is 42.5 Å². The second kappa shape index (κ2) is 8.30. The van der Waals surface area contributed by atoms with Crippen molar-refractivity contribution in [1.29, 1.82) is 0 Å². The predicted molar refractivity (Wildman–Crippen MR) is 128 cm³/mol. The first-order valence-electron chi connectivity index (χ1n) is 11.8. The fourth-order valence-corrected chi connectivity index (χ4v) is 4.81. The van der Waals surface area contributed by atoms with Gasteiger partial charge in [-0.05, 0) is 64.2 Å². The fourth-order valence-electron chi connectivity index (χ4n) is 4.81. The van der Waals surface area contributed by atoms with Crippen LogP contribution < -0.4 is 5.46 Å². The third-order valence-electron chi connectivity index (χ3n) is 7.45. The van der Waals surface area contributed by atoms with Crippen LogP contribution >= 0.6 is 0 Å². The van der Waals surface area contributed by atoms with Gasteiger partial charge in [-0.3, -0.25) is 9.88 Å². The summed E-state index contributed by atoms with van der Waals surface area (Å²) >= 11 is 0. The monoisotopic (exact) mass is 446 g/mol. The quantitative estimate of drug-likeness (QED) is 0.655. The number of fused-ring (bicyclic) bond motifs is 2. The molecule has 33 heavy (non-hydrogen) atoms. The fraction of sp³-hybridized carbons (Fsp3) is 0.462. The molecule has 7 heteroatoms. The number of benzene rings is 1. The molecular weight excluding hydrogens is 415 g/mol. The third-order valence-corrected chi connectivity index (χ3v) is 7.45. The number of nitrogens with zero attached hydrogens (tertiary/aromatic N) is 2. The Morgan fingerprint density at radius 2 is 1.82 bits per heavy atom. The van der Waals surface area contributed by atoms with Gasteiger partial charge in [0.15, 0.2) is 0 Å². The summed E-state index contributed by atoms with van der Waals surface area (Å²) in [5.41, 5.74) is 3.31. The van der Waals surface area contributed by atoms with Crippen LogP contribution in [0.4, 0.5) is 4.79 Å². The van der Waals surface area contributed by atoms with E-state index >= 15 is 0 Å². The molecule has 1 aromatic heterocycles. The van der Waals surface area contributed by atoms with E-state index in [1.807, 2.05) is 81.3 Å². The van der Waals surface area contributed by atoms with Crippen molar-refractivity contribution in [1.82, 2.24) is 9.88 Å². The van der Waals surface area contributed by atoms with E-state index in [1.54, 1.807) is 0 Å². The molecule has 2 fully saturated rings. The van der Waals surface area contributed by atoms with Crippen molar-refractivity contribution in [2.75, 3.05) is 0 Å². The molecule has 5 rings (SSSR count). The van der Waals surface area contributed by atoms with Gasteiger partial charge in [0.25, 0.3) is 0 Å². The van der Waals surface area contributed by atoms with Crippen LogP contribution in [0.15, 0.2) is 54.7 Å². The van der Waals surface area contributed by atoms with Crippen molar-refractivity contribution in [2.24, 2.45) is 0 Å². The molecule has 0 aliphatic carbocycles. The number of hydrogen-bond acceptors (Lipinski definition) is 5. The van der Waals surface area contributed by atoms with Crippen molar-refractivity contribution >= 4 is 24.2 Å². The molecule has 0 saturated carbocycles. The summed E-state index contributed by atoms with van der Waals surface area (Å²) < 4.78 is 17.9. The van der Waals surface area contributed by atoms with Crippen LogP contribution in [0.3, 0.4) is 0 Å². The van der Waals surface area contributed by atoms with E-state index in [0.717, 1.165) is 36.0 Å². The Morgan fingerprint density at radius 3 is 2.45 bits per heavy atom. The van der Waals surface area contributed by atoms with Gasteiger partial charge in [-0.15, -0.1) is 0 Å². The molecule has 4 heterocycles. The molecule has 0 spiro atoms. The highest BCUT2D eigenvalue weighted by atomic mass is 16.7. The molecule has 6 nitrogen and oxygen atoms in total. The highest BCUT2D eigenvalue weighted by molar-refractivity contribution is 6.62. The number of carbonyl (C=O) groups is 1. The maximum Gasteiger partial charge on any atom is 0.496 e. The molecule has 2 aromatic rings. The van der Waals surface area contributed by atoms with E-state index in [0.29, 0.717) is 6.61 Å². The molecule has 0 N–H and O–H groups in total. The lowest BCUT2D eigenvalue weighted by molar-refractivity contribution is 0.00578. The Morgan fingerprint density at radius 1 is 1.09 bits per heavy atom. The average Bonchev–Trinajstić information content (AvgIpc) is 3.19. The molecule has 3 aliphatic rings. The highest BCUT2D eigenvalue weighted by Gasteiger charge is 2.51. The molecule has 2 saturated heterocycles. The molecular formula is C26H31BN2O4. The smallest absolute Gasteiger partial charge is 0.445 e. The first-order chi connectivity index (χ1) is 15.7. The Hall–Kier alpha value is -2.64. The number of ether oxygens (including phenoxy) is 1. The second-order valence-corrected chi connectivity index (χ2v) is 10.2. The molecule has 3 aliphatic heterocycles. The van der Waals surface area contributed by atoms with Crippen molar-refractivity contribution in [3.63, 3.8) is 0 Å². The van der Waals surface area contributed by atoms with Crippen LogP contribution in [0.25, 0.3) is 5.57 Å². The van der Waals surface area contributed by atoms with Crippen LogP contribution in [0.5, 0.6) is 0 Å². The summed E-state index contributed by atoms with van der Waals surface area (Å²) in [6.45, 7) is 8.50. The lowest BCUT2D eigenvalue weighted by atomic mass is 9.80. The zero-order valence-electron chi connectivity index (χ0n) is 19.8. The number of carbonyl (C=O) groups excluding carboxylic acids is 1. The standard InChI is InChI=1S/C26H31BN2O4/c1-25(2)26(3,4)33-27(32-25)20-10-13-23(28-16-20)19-14-21-11-12-22(15-19)29(21)24(30)31-17-18-8-6-5-7-9-18/h5-10,13-14,16,21-22H,11-12,15,17H2,1-4H3. The van der Waals surface area contributed by atoms with Crippen LogP contribution in [-0.2, 0) is 20.7 Å². The molecule has 2 bridgehead atoms. The van der Waals surface area contributed by atoms with Crippen molar-refractivity contribution < 1.29 is 18.8 Å². The molecule has 1 aromatic carbocycles. The molecule has 1 amide bonds. The normalized spacial score (nSPS) is 25.2. The highest BCUT2D eigenvalue weighted by Crippen LogP contribution is 2.39. The van der Waals surface area contributed by atoms with Gasteiger partial charge < -0.3 is 14.0 Å². The van der Waals surface area contributed by atoms with E-state index in [1.165, 1.54) is 5.57 Å². The first kappa shape index (κ1) is 22.2. The number of amides is 1. The predicted octanol–water partition coefficient (Wildman–Crippen LogP) is 4.34. The minimum Gasteiger partial charge on any atom is -0.445 e. The molecule has 172 valence electrons. The number of pyridine rings is 1. The maximum atomic E-state index is 12.8. The zero-order valence-corrected chi connectivity index (χ0v) is 19.8.